The molecule has 0 aliphatic rings. The highest BCUT2D eigenvalue weighted by Crippen LogP contribution is 2.35. The van der Waals surface area contributed by atoms with Crippen LogP contribution in [0.4, 0.5) is 0 Å². The van der Waals surface area contributed by atoms with E-state index in [2.05, 4.69) is 40.3 Å². The Labute approximate surface area is 208 Å². The van der Waals surface area contributed by atoms with Gasteiger partial charge in [-0.25, -0.2) is 0 Å². The molecule has 2 nitrogen and oxygen atoms in total. The summed E-state index contributed by atoms with van der Waals surface area (Å²) in [6.07, 6.45) is 17.0. The molecule has 0 saturated heterocycles. The van der Waals surface area contributed by atoms with Crippen molar-refractivity contribution in [1.29, 1.82) is 0 Å². The molecule has 4 heteroatoms. The van der Waals surface area contributed by atoms with Crippen LogP contribution in [-0.4, -0.2) is 17.5 Å². The average Bonchev–Trinajstić information content (AvgIpc) is 2.72. The van der Waals surface area contributed by atoms with Crippen molar-refractivity contribution in [3.63, 3.8) is 0 Å². The number of hydrogen-bond acceptors (Lipinski definition) is 4. The molecule has 0 aromatic heterocycles. The zero-order chi connectivity index (χ0) is 23.8. The van der Waals surface area contributed by atoms with Gasteiger partial charge in [-0.2, -0.15) is 11.8 Å². The average molecular weight is 481 g/mol. The number of unbranched alkanes of at least 4 members (excludes halogenated alkanes) is 11. The van der Waals surface area contributed by atoms with E-state index in [0.717, 1.165) is 27.5 Å². The third kappa shape index (κ3) is 13.2. The molecule has 0 spiro atoms. The number of esters is 1. The van der Waals surface area contributed by atoms with E-state index in [1.807, 2.05) is 30.8 Å². The van der Waals surface area contributed by atoms with E-state index in [1.165, 1.54) is 77.0 Å². The summed E-state index contributed by atoms with van der Waals surface area (Å²) >= 11 is 6.41. The molecule has 1 aromatic rings. The minimum absolute atomic E-state index is 0.0931. The Morgan fingerprint density at radius 2 is 1.41 bits per heavy atom. The Morgan fingerprint density at radius 3 is 1.94 bits per heavy atom. The van der Waals surface area contributed by atoms with Gasteiger partial charge in [0.1, 0.15) is 5.75 Å². The van der Waals surface area contributed by atoms with Gasteiger partial charge < -0.3 is 4.74 Å². The maximum absolute atomic E-state index is 12.4. The lowest BCUT2D eigenvalue weighted by atomic mass is 9.86. The Bertz CT molecular complexity index is 650. The van der Waals surface area contributed by atoms with Crippen molar-refractivity contribution in [3.05, 3.63) is 23.3 Å². The summed E-state index contributed by atoms with van der Waals surface area (Å²) < 4.78 is 5.74. The van der Waals surface area contributed by atoms with Crippen molar-refractivity contribution in [2.24, 2.45) is 0 Å². The summed E-state index contributed by atoms with van der Waals surface area (Å²) in [7, 11) is 0. The largest absolute Gasteiger partial charge is 0.426 e. The van der Waals surface area contributed by atoms with Gasteiger partial charge >= 0.3 is 5.97 Å². The number of thiol groups is 1. The number of ether oxygens (including phenoxy) is 1. The lowest BCUT2D eigenvalue weighted by Crippen LogP contribution is -2.17. The summed E-state index contributed by atoms with van der Waals surface area (Å²) in [6, 6.07) is 3.98. The van der Waals surface area contributed by atoms with Gasteiger partial charge in [-0.1, -0.05) is 98.3 Å². The summed E-state index contributed by atoms with van der Waals surface area (Å²) in [5, 5.41) is 0. The molecule has 0 radical (unpaired) electrons. The third-order valence-corrected chi connectivity index (χ3v) is 7.47. The van der Waals surface area contributed by atoms with Gasteiger partial charge in [0.25, 0.3) is 0 Å². The molecule has 0 saturated carbocycles. The number of rotatable bonds is 17. The third-order valence-electron chi connectivity index (χ3n) is 5.92. The second-order valence-electron chi connectivity index (χ2n) is 10.1. The Kier molecular flexibility index (Phi) is 15.6. The monoisotopic (exact) mass is 480 g/mol. The van der Waals surface area contributed by atoms with Crippen LogP contribution < -0.4 is 4.74 Å². The number of carbonyl (C=O) groups excluding carboxylic acids is 1. The topological polar surface area (TPSA) is 26.3 Å². The minimum Gasteiger partial charge on any atom is -0.426 e. The fourth-order valence-corrected chi connectivity index (χ4v) is 4.93. The SMILES string of the molecule is CCCCCCCCCCCCCCSCCC(=O)Oc1cc(C)c(S)cc1C(C)(C)C. The second-order valence-corrected chi connectivity index (χ2v) is 11.8. The molecule has 32 heavy (non-hydrogen) atoms. The van der Waals surface area contributed by atoms with Crippen LogP contribution in [0.3, 0.4) is 0 Å². The van der Waals surface area contributed by atoms with Gasteiger partial charge in [-0.15, -0.1) is 12.6 Å². The van der Waals surface area contributed by atoms with Crippen molar-refractivity contribution in [2.75, 3.05) is 11.5 Å². The van der Waals surface area contributed by atoms with Gasteiger partial charge in [-0.05, 0) is 42.2 Å². The molecule has 0 aliphatic carbocycles. The molecule has 0 unspecified atom stereocenters. The van der Waals surface area contributed by atoms with E-state index in [0.29, 0.717) is 12.2 Å². The van der Waals surface area contributed by atoms with Gasteiger partial charge in [0.15, 0.2) is 0 Å². The van der Waals surface area contributed by atoms with Crippen molar-refractivity contribution in [2.45, 2.75) is 128 Å². The molecule has 0 amide bonds. The first-order chi connectivity index (χ1) is 15.3. The summed E-state index contributed by atoms with van der Waals surface area (Å²) in [6.45, 7) is 10.7. The van der Waals surface area contributed by atoms with Crippen LogP contribution in [0.5, 0.6) is 5.75 Å². The van der Waals surface area contributed by atoms with E-state index in [9.17, 15) is 4.79 Å². The standard InChI is InChI=1S/C28H48O2S2/c1-6-7-8-9-10-11-12-13-14-15-16-17-19-32-20-18-27(29)30-25-21-23(2)26(31)22-24(25)28(3,4)5/h21-22,31H,6-20H2,1-5H3. The first-order valence-corrected chi connectivity index (χ1v) is 14.5. The molecule has 0 bridgehead atoms. The van der Waals surface area contributed by atoms with Crippen LogP contribution in [0, 0.1) is 6.92 Å². The van der Waals surface area contributed by atoms with Crippen LogP contribution in [0.1, 0.15) is 122 Å². The van der Waals surface area contributed by atoms with Crippen molar-refractivity contribution < 1.29 is 9.53 Å². The van der Waals surface area contributed by atoms with Crippen LogP contribution >= 0.6 is 24.4 Å². The number of aryl methyl sites for hydroxylation is 1. The highest BCUT2D eigenvalue weighted by molar-refractivity contribution is 7.99. The predicted octanol–water partition coefficient (Wildman–Crippen LogP) is 9.31. The molecule has 1 rings (SSSR count). The molecule has 0 heterocycles. The summed E-state index contributed by atoms with van der Waals surface area (Å²) in [5.41, 5.74) is 1.97. The van der Waals surface area contributed by atoms with Gasteiger partial charge in [0.2, 0.25) is 0 Å². The van der Waals surface area contributed by atoms with E-state index >= 15 is 0 Å². The molecule has 0 aliphatic heterocycles. The van der Waals surface area contributed by atoms with E-state index in [-0.39, 0.29) is 11.4 Å². The number of carbonyl (C=O) groups is 1. The maximum atomic E-state index is 12.4. The molecular formula is C28H48O2S2. The van der Waals surface area contributed by atoms with Crippen LogP contribution in [0.2, 0.25) is 0 Å². The smallest absolute Gasteiger partial charge is 0.312 e. The van der Waals surface area contributed by atoms with Gasteiger partial charge in [0.05, 0.1) is 6.42 Å². The lowest BCUT2D eigenvalue weighted by Gasteiger charge is -2.23. The number of thioether (sulfide) groups is 1. The molecular weight excluding hydrogens is 432 g/mol. The van der Waals surface area contributed by atoms with Crippen molar-refractivity contribution >= 4 is 30.4 Å². The zero-order valence-corrected chi connectivity index (χ0v) is 23.1. The van der Waals surface area contributed by atoms with E-state index < -0.39 is 0 Å². The van der Waals surface area contributed by atoms with Crippen LogP contribution in [0.15, 0.2) is 17.0 Å². The first kappa shape index (κ1) is 29.4. The summed E-state index contributed by atoms with van der Waals surface area (Å²) in [5.74, 6) is 2.53. The molecule has 0 atom stereocenters. The van der Waals surface area contributed by atoms with Crippen molar-refractivity contribution in [1.82, 2.24) is 0 Å². The molecule has 0 fully saturated rings. The number of benzene rings is 1. The van der Waals surface area contributed by atoms with Gasteiger partial charge in [0, 0.05) is 16.2 Å². The lowest BCUT2D eigenvalue weighted by molar-refractivity contribution is -0.133. The van der Waals surface area contributed by atoms with Gasteiger partial charge in [-0.3, -0.25) is 4.79 Å². The zero-order valence-electron chi connectivity index (χ0n) is 21.4. The molecule has 1 aromatic carbocycles. The fourth-order valence-electron chi connectivity index (χ4n) is 3.82. The number of hydrogen-bond donors (Lipinski definition) is 1. The Morgan fingerprint density at radius 1 is 0.875 bits per heavy atom. The fraction of sp³-hybridized carbons (Fsp3) is 0.750. The van der Waals surface area contributed by atoms with Crippen LogP contribution in [0.25, 0.3) is 0 Å². The predicted molar refractivity (Wildman–Crippen MR) is 146 cm³/mol. The summed E-state index contributed by atoms with van der Waals surface area (Å²) in [4.78, 5) is 13.3. The van der Waals surface area contributed by atoms with E-state index in [4.69, 9.17) is 4.74 Å². The highest BCUT2D eigenvalue weighted by Gasteiger charge is 2.21. The van der Waals surface area contributed by atoms with Crippen molar-refractivity contribution in [3.8, 4) is 5.75 Å². The quantitative estimate of drug-likeness (QED) is 0.104. The maximum Gasteiger partial charge on any atom is 0.312 e. The minimum atomic E-state index is -0.135. The second kappa shape index (κ2) is 16.9. The molecule has 184 valence electrons. The Balaban J connectivity index is 2.09. The van der Waals surface area contributed by atoms with Crippen LogP contribution in [-0.2, 0) is 10.2 Å². The van der Waals surface area contributed by atoms with E-state index in [1.54, 1.807) is 0 Å². The normalized spacial score (nSPS) is 11.7. The Hall–Kier alpha value is -0.610. The first-order valence-electron chi connectivity index (χ1n) is 12.9. The highest BCUT2D eigenvalue weighted by atomic mass is 32.2. The molecule has 0 N–H and O–H groups in total.